The maximum atomic E-state index is 13.1. The van der Waals surface area contributed by atoms with E-state index in [2.05, 4.69) is 0 Å². The van der Waals surface area contributed by atoms with Crippen molar-refractivity contribution in [3.05, 3.63) is 35.9 Å². The topological polar surface area (TPSA) is 40.5 Å². The molecule has 0 heterocycles. The summed E-state index contributed by atoms with van der Waals surface area (Å²) in [5.41, 5.74) is 0.942. The fourth-order valence-electron chi connectivity index (χ4n) is 2.32. The van der Waals surface area contributed by atoms with Crippen molar-refractivity contribution in [2.24, 2.45) is 0 Å². The number of alkyl halides is 1. The predicted octanol–water partition coefficient (Wildman–Crippen LogP) is 3.06. The Bertz CT molecular complexity index is 382. The van der Waals surface area contributed by atoms with Gasteiger partial charge in [-0.25, -0.2) is 9.18 Å². The van der Waals surface area contributed by atoms with E-state index in [0.717, 1.165) is 5.56 Å². The molecular weight excluding hydrogens is 221 g/mol. The first-order chi connectivity index (χ1) is 8.16. The van der Waals surface area contributed by atoms with Gasteiger partial charge in [-0.2, -0.15) is 0 Å². The molecule has 0 aromatic heterocycles. The first-order valence-corrected chi connectivity index (χ1v) is 5.84. The van der Waals surface area contributed by atoms with Crippen molar-refractivity contribution in [2.45, 2.75) is 38.0 Å². The Labute approximate surface area is 99.9 Å². The number of carboxylic acid groups (broad SMARTS) is 1. The molecule has 17 heavy (non-hydrogen) atoms. The minimum Gasteiger partial charge on any atom is -0.465 e. The van der Waals surface area contributed by atoms with Crippen LogP contribution in [0.3, 0.4) is 0 Å². The van der Waals surface area contributed by atoms with Crippen LogP contribution in [0.5, 0.6) is 0 Å². The fourth-order valence-corrected chi connectivity index (χ4v) is 2.32. The van der Waals surface area contributed by atoms with E-state index < -0.39 is 12.3 Å². The third-order valence-corrected chi connectivity index (χ3v) is 3.22. The standard InChI is InChI=1S/C13H16FNO2/c14-11-6-7-12(8-11)15(13(16)17)9-10-4-2-1-3-5-10/h1-5,11-12H,6-9H2,(H,16,17)/t11-,12+/m1/s1. The van der Waals surface area contributed by atoms with Gasteiger partial charge in [-0.3, -0.25) is 0 Å². The average Bonchev–Trinajstić information content (AvgIpc) is 2.73. The Hall–Kier alpha value is -1.58. The highest BCUT2D eigenvalue weighted by atomic mass is 19.1. The Morgan fingerprint density at radius 3 is 2.59 bits per heavy atom. The second kappa shape index (κ2) is 5.17. The van der Waals surface area contributed by atoms with E-state index in [0.29, 0.717) is 25.8 Å². The Morgan fingerprint density at radius 1 is 1.35 bits per heavy atom. The Morgan fingerprint density at radius 2 is 2.06 bits per heavy atom. The van der Waals surface area contributed by atoms with E-state index in [9.17, 15) is 14.3 Å². The molecule has 2 atom stereocenters. The van der Waals surface area contributed by atoms with Crippen molar-refractivity contribution in [1.82, 2.24) is 4.90 Å². The monoisotopic (exact) mass is 237 g/mol. The number of benzene rings is 1. The molecule has 0 spiro atoms. The molecule has 3 nitrogen and oxygen atoms in total. The maximum absolute atomic E-state index is 13.1. The van der Waals surface area contributed by atoms with Crippen LogP contribution in [0, 0.1) is 0 Å². The number of rotatable bonds is 3. The van der Waals surface area contributed by atoms with Gasteiger partial charge < -0.3 is 10.0 Å². The lowest BCUT2D eigenvalue weighted by atomic mass is 10.1. The predicted molar refractivity (Wildman–Crippen MR) is 62.5 cm³/mol. The number of halogens is 1. The summed E-state index contributed by atoms with van der Waals surface area (Å²) < 4.78 is 13.1. The lowest BCUT2D eigenvalue weighted by Gasteiger charge is -2.25. The van der Waals surface area contributed by atoms with Crippen LogP contribution < -0.4 is 0 Å². The summed E-state index contributed by atoms with van der Waals surface area (Å²) in [6.45, 7) is 0.341. The molecule has 1 aliphatic carbocycles. The zero-order chi connectivity index (χ0) is 12.3. The molecule has 0 aliphatic heterocycles. The van der Waals surface area contributed by atoms with E-state index in [4.69, 9.17) is 0 Å². The molecule has 1 saturated carbocycles. The van der Waals surface area contributed by atoms with Crippen molar-refractivity contribution in [1.29, 1.82) is 0 Å². The lowest BCUT2D eigenvalue weighted by Crippen LogP contribution is -2.37. The molecule has 1 aromatic carbocycles. The zero-order valence-corrected chi connectivity index (χ0v) is 9.55. The third-order valence-electron chi connectivity index (χ3n) is 3.22. The van der Waals surface area contributed by atoms with Gasteiger partial charge in [0, 0.05) is 12.6 Å². The highest BCUT2D eigenvalue weighted by Crippen LogP contribution is 2.27. The van der Waals surface area contributed by atoms with Crippen LogP contribution in [-0.4, -0.2) is 28.3 Å². The summed E-state index contributed by atoms with van der Waals surface area (Å²) in [6.07, 6.45) is -0.381. The van der Waals surface area contributed by atoms with Gasteiger partial charge in [0.2, 0.25) is 0 Å². The van der Waals surface area contributed by atoms with Crippen LogP contribution in [0.2, 0.25) is 0 Å². The first-order valence-electron chi connectivity index (χ1n) is 5.84. The minimum atomic E-state index is -0.965. The highest BCUT2D eigenvalue weighted by molar-refractivity contribution is 5.65. The van der Waals surface area contributed by atoms with Crippen molar-refractivity contribution in [3.8, 4) is 0 Å². The summed E-state index contributed by atoms with van der Waals surface area (Å²) in [5.74, 6) is 0. The number of nitrogens with zero attached hydrogens (tertiary/aromatic N) is 1. The number of carbonyl (C=O) groups is 1. The smallest absolute Gasteiger partial charge is 0.407 e. The fraction of sp³-hybridized carbons (Fsp3) is 0.462. The number of hydrogen-bond acceptors (Lipinski definition) is 1. The van der Waals surface area contributed by atoms with E-state index >= 15 is 0 Å². The molecule has 1 amide bonds. The van der Waals surface area contributed by atoms with E-state index in [1.165, 1.54) is 4.90 Å². The molecule has 0 bridgehead atoms. The Kier molecular flexibility index (Phi) is 3.61. The normalized spacial score (nSPS) is 23.6. The summed E-state index contributed by atoms with van der Waals surface area (Å²) in [4.78, 5) is 12.6. The Balaban J connectivity index is 2.05. The van der Waals surface area contributed by atoms with Gasteiger partial charge in [-0.1, -0.05) is 30.3 Å². The van der Waals surface area contributed by atoms with Crippen LogP contribution in [0.1, 0.15) is 24.8 Å². The average molecular weight is 237 g/mol. The highest BCUT2D eigenvalue weighted by Gasteiger charge is 2.31. The number of amides is 1. The molecule has 0 radical (unpaired) electrons. The summed E-state index contributed by atoms with van der Waals surface area (Å²) in [5, 5.41) is 9.18. The zero-order valence-electron chi connectivity index (χ0n) is 9.55. The van der Waals surface area contributed by atoms with Crippen molar-refractivity contribution >= 4 is 6.09 Å². The van der Waals surface area contributed by atoms with Crippen molar-refractivity contribution in [2.75, 3.05) is 0 Å². The molecule has 1 N–H and O–H groups in total. The SMILES string of the molecule is O=C(O)N(Cc1ccccc1)[C@H]1CC[C@@H](F)C1. The molecule has 92 valence electrons. The summed E-state index contributed by atoms with van der Waals surface area (Å²) in [7, 11) is 0. The van der Waals surface area contributed by atoms with Crippen molar-refractivity contribution in [3.63, 3.8) is 0 Å². The van der Waals surface area contributed by atoms with Gasteiger partial charge in [0.05, 0.1) is 0 Å². The molecule has 0 saturated heterocycles. The quantitative estimate of drug-likeness (QED) is 0.877. The summed E-state index contributed by atoms with van der Waals surface area (Å²) >= 11 is 0. The minimum absolute atomic E-state index is 0.178. The molecule has 0 unspecified atom stereocenters. The lowest BCUT2D eigenvalue weighted by molar-refractivity contribution is 0.119. The van der Waals surface area contributed by atoms with Gasteiger partial charge in [-0.05, 0) is 24.8 Å². The largest absolute Gasteiger partial charge is 0.465 e. The maximum Gasteiger partial charge on any atom is 0.407 e. The molecule has 2 rings (SSSR count). The van der Waals surface area contributed by atoms with Gasteiger partial charge in [0.1, 0.15) is 6.17 Å². The second-order valence-electron chi connectivity index (χ2n) is 4.46. The van der Waals surface area contributed by atoms with Crippen LogP contribution in [0.15, 0.2) is 30.3 Å². The van der Waals surface area contributed by atoms with Crippen LogP contribution >= 0.6 is 0 Å². The van der Waals surface area contributed by atoms with Crippen LogP contribution in [0.25, 0.3) is 0 Å². The second-order valence-corrected chi connectivity index (χ2v) is 4.46. The first kappa shape index (κ1) is 11.9. The van der Waals surface area contributed by atoms with E-state index in [-0.39, 0.29) is 6.04 Å². The summed E-state index contributed by atoms with van der Waals surface area (Å²) in [6, 6.07) is 9.24. The molecule has 1 fully saturated rings. The number of hydrogen-bond donors (Lipinski definition) is 1. The molecule has 1 aromatic rings. The van der Waals surface area contributed by atoms with Gasteiger partial charge in [-0.15, -0.1) is 0 Å². The van der Waals surface area contributed by atoms with Crippen LogP contribution in [-0.2, 0) is 6.54 Å². The van der Waals surface area contributed by atoms with Gasteiger partial charge >= 0.3 is 6.09 Å². The van der Waals surface area contributed by atoms with Crippen LogP contribution in [0.4, 0.5) is 9.18 Å². The van der Waals surface area contributed by atoms with E-state index in [1.807, 2.05) is 30.3 Å². The molecular formula is C13H16FNO2. The van der Waals surface area contributed by atoms with Gasteiger partial charge in [0.15, 0.2) is 0 Å². The molecule has 4 heteroatoms. The van der Waals surface area contributed by atoms with Gasteiger partial charge in [0.25, 0.3) is 0 Å². The van der Waals surface area contributed by atoms with Crippen molar-refractivity contribution < 1.29 is 14.3 Å². The third kappa shape index (κ3) is 2.96. The van der Waals surface area contributed by atoms with E-state index in [1.54, 1.807) is 0 Å². The molecule has 1 aliphatic rings.